The Morgan fingerprint density at radius 3 is 2.74 bits per heavy atom. The minimum atomic E-state index is 0.0402. The van der Waals surface area contributed by atoms with Gasteiger partial charge in [0.25, 0.3) is 0 Å². The van der Waals surface area contributed by atoms with Gasteiger partial charge in [-0.2, -0.15) is 0 Å². The van der Waals surface area contributed by atoms with Crippen LogP contribution in [0.2, 0.25) is 5.02 Å². The van der Waals surface area contributed by atoms with Crippen molar-refractivity contribution in [2.24, 2.45) is 5.92 Å². The largest absolute Gasteiger partial charge is 0.494 e. The van der Waals surface area contributed by atoms with Gasteiger partial charge in [0.1, 0.15) is 5.75 Å². The molecule has 6 heteroatoms. The molecular weight excluding hydrogens is 428 g/mol. The van der Waals surface area contributed by atoms with Gasteiger partial charge < -0.3 is 10.1 Å². The molecule has 0 spiro atoms. The first kappa shape index (κ1) is 20.2. The highest BCUT2D eigenvalue weighted by Gasteiger charge is 2.25. The van der Waals surface area contributed by atoms with Crippen LogP contribution in [0, 0.1) is 5.92 Å². The number of hydrogen-bond donors (Lipinski definition) is 1. The van der Waals surface area contributed by atoms with E-state index < -0.39 is 0 Å². The van der Waals surface area contributed by atoms with E-state index in [0.717, 1.165) is 48.4 Å². The maximum atomic E-state index is 12.5. The predicted molar refractivity (Wildman–Crippen MR) is 113 cm³/mol. The molecule has 0 saturated carbocycles. The molecule has 0 aliphatic carbocycles. The van der Waals surface area contributed by atoms with Crippen LogP contribution < -0.4 is 10.1 Å². The number of nitrogens with one attached hydrogen (secondary N) is 1. The second kappa shape index (κ2) is 9.58. The van der Waals surface area contributed by atoms with Crippen molar-refractivity contribution >= 4 is 39.1 Å². The summed E-state index contributed by atoms with van der Waals surface area (Å²) in [5.74, 6) is 1.03. The number of nitrogens with zero attached hydrogens (tertiary/aromatic N) is 1. The van der Waals surface area contributed by atoms with E-state index in [0.29, 0.717) is 11.6 Å². The fourth-order valence-corrected chi connectivity index (χ4v) is 3.76. The molecule has 27 heavy (non-hydrogen) atoms. The van der Waals surface area contributed by atoms with Crippen molar-refractivity contribution in [2.45, 2.75) is 26.3 Å². The number of rotatable bonds is 6. The van der Waals surface area contributed by atoms with Crippen LogP contribution in [0.3, 0.4) is 0 Å². The first-order chi connectivity index (χ1) is 13.0. The molecular formula is C21H24BrClN2O2. The van der Waals surface area contributed by atoms with Gasteiger partial charge in [0.2, 0.25) is 5.91 Å². The van der Waals surface area contributed by atoms with E-state index in [-0.39, 0.29) is 11.8 Å². The Morgan fingerprint density at radius 1 is 1.26 bits per heavy atom. The second-order valence-corrected chi connectivity index (χ2v) is 8.01. The predicted octanol–water partition coefficient (Wildman–Crippen LogP) is 5.35. The van der Waals surface area contributed by atoms with Crippen molar-refractivity contribution in [1.82, 2.24) is 4.90 Å². The van der Waals surface area contributed by atoms with Gasteiger partial charge in [-0.05, 0) is 84.7 Å². The van der Waals surface area contributed by atoms with E-state index in [1.165, 1.54) is 5.56 Å². The Kier molecular flexibility index (Phi) is 7.16. The maximum absolute atomic E-state index is 12.5. The highest BCUT2D eigenvalue weighted by Crippen LogP contribution is 2.27. The summed E-state index contributed by atoms with van der Waals surface area (Å²) in [6.45, 7) is 5.38. The summed E-state index contributed by atoms with van der Waals surface area (Å²) in [6.07, 6.45) is 1.72. The van der Waals surface area contributed by atoms with Gasteiger partial charge in [-0.25, -0.2) is 0 Å². The van der Waals surface area contributed by atoms with Gasteiger partial charge in [0.05, 0.1) is 11.6 Å². The number of halogens is 2. The van der Waals surface area contributed by atoms with E-state index in [2.05, 4.69) is 38.3 Å². The van der Waals surface area contributed by atoms with Crippen molar-refractivity contribution in [2.75, 3.05) is 25.0 Å². The van der Waals surface area contributed by atoms with Crippen LogP contribution in [-0.4, -0.2) is 30.5 Å². The number of piperidine rings is 1. The smallest absolute Gasteiger partial charge is 0.227 e. The SMILES string of the molecule is CCOc1cccc(CN2CCC(C(=O)Nc3ccc(Br)c(Cl)c3)CC2)c1. The lowest BCUT2D eigenvalue weighted by Crippen LogP contribution is -2.37. The maximum Gasteiger partial charge on any atom is 0.227 e. The lowest BCUT2D eigenvalue weighted by atomic mass is 9.95. The molecule has 1 amide bonds. The molecule has 0 radical (unpaired) electrons. The van der Waals surface area contributed by atoms with Crippen LogP contribution in [0.15, 0.2) is 46.9 Å². The Labute approximate surface area is 174 Å². The van der Waals surface area contributed by atoms with Crippen LogP contribution in [-0.2, 0) is 11.3 Å². The summed E-state index contributed by atoms with van der Waals surface area (Å²) in [5, 5.41) is 3.58. The molecule has 1 aliphatic rings. The van der Waals surface area contributed by atoms with Crippen molar-refractivity contribution in [3.63, 3.8) is 0 Å². The minimum Gasteiger partial charge on any atom is -0.494 e. The summed E-state index contributed by atoms with van der Waals surface area (Å²) >= 11 is 9.46. The zero-order valence-electron chi connectivity index (χ0n) is 15.4. The van der Waals surface area contributed by atoms with Gasteiger partial charge in [-0.1, -0.05) is 23.7 Å². The molecule has 0 bridgehead atoms. The Morgan fingerprint density at radius 2 is 2.04 bits per heavy atom. The highest BCUT2D eigenvalue weighted by atomic mass is 79.9. The first-order valence-electron chi connectivity index (χ1n) is 9.25. The summed E-state index contributed by atoms with van der Waals surface area (Å²) in [4.78, 5) is 14.9. The molecule has 1 saturated heterocycles. The zero-order chi connectivity index (χ0) is 19.2. The zero-order valence-corrected chi connectivity index (χ0v) is 17.7. The molecule has 1 fully saturated rings. The summed E-state index contributed by atoms with van der Waals surface area (Å²) in [5.41, 5.74) is 1.98. The number of hydrogen-bond acceptors (Lipinski definition) is 3. The lowest BCUT2D eigenvalue weighted by molar-refractivity contribution is -0.121. The average Bonchev–Trinajstić information content (AvgIpc) is 2.66. The molecule has 4 nitrogen and oxygen atoms in total. The van der Waals surface area contributed by atoms with Gasteiger partial charge in [0, 0.05) is 22.6 Å². The molecule has 0 unspecified atom stereocenters. The van der Waals surface area contributed by atoms with Crippen molar-refractivity contribution in [3.05, 3.63) is 57.5 Å². The number of amides is 1. The van der Waals surface area contributed by atoms with Crippen molar-refractivity contribution < 1.29 is 9.53 Å². The molecule has 0 atom stereocenters. The van der Waals surface area contributed by atoms with E-state index in [9.17, 15) is 4.79 Å². The van der Waals surface area contributed by atoms with Crippen LogP contribution in [0.5, 0.6) is 5.75 Å². The second-order valence-electron chi connectivity index (χ2n) is 6.75. The molecule has 2 aromatic rings. The van der Waals surface area contributed by atoms with Crippen LogP contribution in [0.1, 0.15) is 25.3 Å². The number of anilines is 1. The number of carbonyl (C=O) groups excluding carboxylic acids is 1. The molecule has 1 heterocycles. The summed E-state index contributed by atoms with van der Waals surface area (Å²) in [7, 11) is 0. The fraction of sp³-hybridized carbons (Fsp3) is 0.381. The molecule has 3 rings (SSSR count). The lowest BCUT2D eigenvalue weighted by Gasteiger charge is -2.31. The summed E-state index contributed by atoms with van der Waals surface area (Å²) in [6, 6.07) is 13.7. The monoisotopic (exact) mass is 450 g/mol. The Hall–Kier alpha value is -1.56. The van der Waals surface area contributed by atoms with Crippen LogP contribution >= 0.6 is 27.5 Å². The average molecular weight is 452 g/mol. The molecule has 1 aliphatic heterocycles. The number of ether oxygens (including phenoxy) is 1. The number of benzene rings is 2. The van der Waals surface area contributed by atoms with E-state index in [4.69, 9.17) is 16.3 Å². The quantitative estimate of drug-likeness (QED) is 0.643. The van der Waals surface area contributed by atoms with E-state index in [1.807, 2.05) is 31.2 Å². The minimum absolute atomic E-state index is 0.0402. The Balaban J connectivity index is 1.50. The first-order valence-corrected chi connectivity index (χ1v) is 10.4. The molecule has 144 valence electrons. The van der Waals surface area contributed by atoms with Gasteiger partial charge in [0.15, 0.2) is 0 Å². The normalized spacial score (nSPS) is 15.5. The Bertz CT molecular complexity index is 792. The fourth-order valence-electron chi connectivity index (χ4n) is 3.33. The topological polar surface area (TPSA) is 41.6 Å². The van der Waals surface area contributed by atoms with Gasteiger partial charge >= 0.3 is 0 Å². The summed E-state index contributed by atoms with van der Waals surface area (Å²) < 4.78 is 6.40. The van der Waals surface area contributed by atoms with E-state index in [1.54, 1.807) is 6.07 Å². The molecule has 1 N–H and O–H groups in total. The third-order valence-corrected chi connectivity index (χ3v) is 5.99. The van der Waals surface area contributed by atoms with Crippen LogP contribution in [0.25, 0.3) is 0 Å². The third-order valence-electron chi connectivity index (χ3n) is 4.76. The van der Waals surface area contributed by atoms with Gasteiger partial charge in [-0.15, -0.1) is 0 Å². The standard InChI is InChI=1S/C21H24BrClN2O2/c1-2-27-18-5-3-4-15(12-18)14-25-10-8-16(9-11-25)21(26)24-17-6-7-19(22)20(23)13-17/h3-7,12-13,16H,2,8-11,14H2,1H3,(H,24,26). The molecule has 0 aromatic heterocycles. The van der Waals surface area contributed by atoms with Crippen LogP contribution in [0.4, 0.5) is 5.69 Å². The van der Waals surface area contributed by atoms with Gasteiger partial charge in [-0.3, -0.25) is 9.69 Å². The number of carbonyl (C=O) groups is 1. The molecule has 2 aromatic carbocycles. The van der Waals surface area contributed by atoms with E-state index >= 15 is 0 Å². The van der Waals surface area contributed by atoms with Crippen molar-refractivity contribution in [3.8, 4) is 5.75 Å². The third kappa shape index (κ3) is 5.71. The number of likely N-dealkylation sites (tertiary alicyclic amines) is 1. The highest BCUT2D eigenvalue weighted by molar-refractivity contribution is 9.10. The van der Waals surface area contributed by atoms with Crippen molar-refractivity contribution in [1.29, 1.82) is 0 Å².